The van der Waals surface area contributed by atoms with Crippen LogP contribution in [0.3, 0.4) is 0 Å². The Bertz CT molecular complexity index is 2410. The van der Waals surface area contributed by atoms with Crippen LogP contribution >= 0.6 is 56.7 Å². The van der Waals surface area contributed by atoms with Gasteiger partial charge in [0.25, 0.3) is 23.8 Å². The maximum absolute atomic E-state index is 14.3. The number of halogens is 8. The standard InChI is InChI=1S/C32H8F8N4S5/c33-23-21(24(34)30(38)43-29(23)37)11(9-41)5-13-1-3-15(45-13)17-7-19-27(48-17)28-20(47-19)8-18(49-28)16-4-2-14(46-16)6-12(10-42)22-25(35)31(39)44-32(40)26(22)36/h1-8H/b11-5+,12-6+. The highest BCUT2D eigenvalue weighted by molar-refractivity contribution is 7.41. The molecule has 0 N–H and O–H groups in total. The minimum absolute atomic E-state index is 0.412. The number of allylic oxidation sites excluding steroid dienone is 2. The first-order valence-corrected chi connectivity index (χ1v) is 17.4. The van der Waals surface area contributed by atoms with Gasteiger partial charge in [-0.05, 0) is 48.6 Å². The molecule has 0 aliphatic rings. The molecule has 0 amide bonds. The zero-order chi connectivity index (χ0) is 34.7. The zero-order valence-electron chi connectivity index (χ0n) is 23.5. The van der Waals surface area contributed by atoms with E-state index in [2.05, 4.69) is 9.97 Å². The van der Waals surface area contributed by atoms with Crippen LogP contribution in [-0.2, 0) is 0 Å². The Kier molecular flexibility index (Phi) is 8.42. The average Bonchev–Trinajstić information content (AvgIpc) is 3.90. The number of aromatic nitrogens is 2. The van der Waals surface area contributed by atoms with Gasteiger partial charge in [0.2, 0.25) is 0 Å². The molecule has 0 aliphatic carbocycles. The van der Waals surface area contributed by atoms with Crippen molar-refractivity contribution in [2.75, 3.05) is 0 Å². The third kappa shape index (κ3) is 5.73. The maximum atomic E-state index is 14.3. The largest absolute Gasteiger partial charge is 0.252 e. The summed E-state index contributed by atoms with van der Waals surface area (Å²) in [7, 11) is 0. The molecule has 0 saturated carbocycles. The van der Waals surface area contributed by atoms with Gasteiger partial charge in [0.1, 0.15) is 12.1 Å². The fraction of sp³-hybridized carbons (Fsp3) is 0. The molecule has 0 fully saturated rings. The van der Waals surface area contributed by atoms with Crippen LogP contribution in [0, 0.1) is 69.7 Å². The van der Waals surface area contributed by atoms with Gasteiger partial charge in [0, 0.05) is 38.7 Å². The van der Waals surface area contributed by atoms with Crippen LogP contribution < -0.4 is 0 Å². The predicted molar refractivity (Wildman–Crippen MR) is 177 cm³/mol. The number of hydrogen-bond donors (Lipinski definition) is 0. The molecule has 7 aromatic rings. The topological polar surface area (TPSA) is 73.4 Å². The Morgan fingerprint density at radius 2 is 0.878 bits per heavy atom. The van der Waals surface area contributed by atoms with E-state index in [1.165, 1.54) is 45.3 Å². The Hall–Kier alpha value is -4.78. The van der Waals surface area contributed by atoms with Crippen molar-refractivity contribution in [3.8, 4) is 31.6 Å². The molecule has 0 saturated heterocycles. The van der Waals surface area contributed by atoms with E-state index in [9.17, 15) is 45.6 Å². The second-order valence-corrected chi connectivity index (χ2v) is 15.3. The summed E-state index contributed by atoms with van der Waals surface area (Å²) in [6, 6.07) is 13.9. The summed E-state index contributed by atoms with van der Waals surface area (Å²) in [5.74, 6) is -14.5. The van der Waals surface area contributed by atoms with Gasteiger partial charge in [-0.25, -0.2) is 17.6 Å². The summed E-state index contributed by atoms with van der Waals surface area (Å²) < 4.78 is 116. The number of pyridine rings is 2. The number of thiophene rings is 5. The van der Waals surface area contributed by atoms with Crippen LogP contribution in [0.25, 0.3) is 61.6 Å². The van der Waals surface area contributed by atoms with E-state index in [-0.39, 0.29) is 0 Å². The number of rotatable bonds is 6. The quantitative estimate of drug-likeness (QED) is 0.0961. The first-order valence-electron chi connectivity index (χ1n) is 13.3. The molecule has 0 aliphatic heterocycles. The van der Waals surface area contributed by atoms with Gasteiger partial charge in [0.05, 0.1) is 31.7 Å². The first kappa shape index (κ1) is 32.8. The van der Waals surface area contributed by atoms with Gasteiger partial charge in [-0.3, -0.25) is 0 Å². The van der Waals surface area contributed by atoms with Crippen molar-refractivity contribution in [3.05, 3.63) is 104 Å². The molecular weight excluding hydrogens is 753 g/mol. The zero-order valence-corrected chi connectivity index (χ0v) is 27.6. The highest BCUT2D eigenvalue weighted by Gasteiger charge is 2.25. The lowest BCUT2D eigenvalue weighted by atomic mass is 10.1. The molecule has 4 nitrogen and oxygen atoms in total. The predicted octanol–water partition coefficient (Wildman–Crippen LogP) is 11.7. The van der Waals surface area contributed by atoms with E-state index < -0.39 is 69.3 Å². The van der Waals surface area contributed by atoms with E-state index in [0.717, 1.165) is 50.5 Å². The van der Waals surface area contributed by atoms with Gasteiger partial charge < -0.3 is 0 Å². The summed E-state index contributed by atoms with van der Waals surface area (Å²) in [5, 5.41) is 19.0. The van der Waals surface area contributed by atoms with Gasteiger partial charge in [-0.1, -0.05) is 0 Å². The van der Waals surface area contributed by atoms with E-state index >= 15 is 0 Å². The Morgan fingerprint density at radius 1 is 0.510 bits per heavy atom. The van der Waals surface area contributed by atoms with E-state index in [1.807, 2.05) is 12.1 Å². The molecule has 0 radical (unpaired) electrons. The van der Waals surface area contributed by atoms with Crippen molar-refractivity contribution in [2.45, 2.75) is 0 Å². The van der Waals surface area contributed by atoms with Gasteiger partial charge in [0.15, 0.2) is 23.3 Å². The molecule has 0 unspecified atom stereocenters. The molecule has 0 atom stereocenters. The highest BCUT2D eigenvalue weighted by Crippen LogP contribution is 2.49. The normalized spacial score (nSPS) is 12.3. The van der Waals surface area contributed by atoms with E-state index in [0.29, 0.717) is 9.75 Å². The molecule has 0 aromatic carbocycles. The number of hydrogen-bond acceptors (Lipinski definition) is 9. The van der Waals surface area contributed by atoms with Gasteiger partial charge >= 0.3 is 0 Å². The maximum Gasteiger partial charge on any atom is 0.252 e. The third-order valence-electron chi connectivity index (χ3n) is 6.91. The SMILES string of the molecule is N#C/C(=C\c1ccc(-c2cc3sc4cc(-c5ccc(/C=C(\C#N)c6c(F)c(F)nc(F)c6F)s5)sc4c3s2)s1)c1c(F)c(F)nc(F)c1F. The van der Waals surface area contributed by atoms with Crippen molar-refractivity contribution in [2.24, 2.45) is 0 Å². The molecule has 0 bridgehead atoms. The summed E-state index contributed by atoms with van der Waals surface area (Å²) >= 11 is 6.94. The average molecular weight is 761 g/mol. The minimum atomic E-state index is -1.86. The first-order chi connectivity index (χ1) is 23.5. The Balaban J connectivity index is 1.18. The molecule has 242 valence electrons. The van der Waals surface area contributed by atoms with Crippen molar-refractivity contribution in [3.63, 3.8) is 0 Å². The molecule has 7 rings (SSSR count). The van der Waals surface area contributed by atoms with E-state index in [4.69, 9.17) is 0 Å². The van der Waals surface area contributed by atoms with Gasteiger partial charge in [-0.15, -0.1) is 56.7 Å². The minimum Gasteiger partial charge on any atom is -0.201 e. The lowest BCUT2D eigenvalue weighted by molar-refractivity contribution is 0.404. The number of nitriles is 2. The summed E-state index contributed by atoms with van der Waals surface area (Å²) in [5.41, 5.74) is -3.51. The lowest BCUT2D eigenvalue weighted by Gasteiger charge is -2.04. The van der Waals surface area contributed by atoms with Crippen molar-refractivity contribution in [1.82, 2.24) is 9.97 Å². The second kappa shape index (κ2) is 12.6. The molecule has 17 heteroatoms. The monoisotopic (exact) mass is 760 g/mol. The van der Waals surface area contributed by atoms with Crippen LogP contribution in [0.5, 0.6) is 0 Å². The Morgan fingerprint density at radius 3 is 1.22 bits per heavy atom. The summed E-state index contributed by atoms with van der Waals surface area (Å²) in [6.45, 7) is 0. The third-order valence-corrected chi connectivity index (χ3v) is 13.1. The molecule has 0 spiro atoms. The highest BCUT2D eigenvalue weighted by atomic mass is 32.1. The van der Waals surface area contributed by atoms with Crippen molar-refractivity contribution in [1.29, 1.82) is 10.5 Å². The van der Waals surface area contributed by atoms with Gasteiger partial charge in [-0.2, -0.15) is 38.1 Å². The molecular formula is C32H8F8N4S5. The summed E-state index contributed by atoms with van der Waals surface area (Å²) in [4.78, 5) is 9.16. The smallest absolute Gasteiger partial charge is 0.201 e. The summed E-state index contributed by atoms with van der Waals surface area (Å²) in [6.07, 6.45) is 2.28. The number of nitrogens with zero attached hydrogens (tertiary/aromatic N) is 4. The Labute approximate surface area is 289 Å². The van der Waals surface area contributed by atoms with Crippen LogP contribution in [-0.4, -0.2) is 9.97 Å². The van der Waals surface area contributed by atoms with Crippen LogP contribution in [0.15, 0.2) is 36.4 Å². The van der Waals surface area contributed by atoms with Crippen LogP contribution in [0.2, 0.25) is 0 Å². The fourth-order valence-electron chi connectivity index (χ4n) is 4.76. The second-order valence-electron chi connectivity index (χ2n) is 9.85. The molecule has 7 heterocycles. The van der Waals surface area contributed by atoms with E-state index in [1.54, 1.807) is 47.7 Å². The lowest BCUT2D eigenvalue weighted by Crippen LogP contribution is -2.05. The fourth-order valence-corrected chi connectivity index (χ4v) is 10.8. The van der Waals surface area contributed by atoms with Crippen molar-refractivity contribution < 1.29 is 35.1 Å². The molecule has 49 heavy (non-hydrogen) atoms. The molecule has 7 aromatic heterocycles. The van der Waals surface area contributed by atoms with Crippen LogP contribution in [0.1, 0.15) is 20.9 Å². The van der Waals surface area contributed by atoms with Crippen LogP contribution in [0.4, 0.5) is 35.1 Å². The number of fused-ring (bicyclic) bond motifs is 3. The van der Waals surface area contributed by atoms with Crippen molar-refractivity contribution >= 4 is 98.8 Å².